The van der Waals surface area contributed by atoms with Crippen molar-refractivity contribution in [3.05, 3.63) is 18.0 Å². The molecule has 6 nitrogen and oxygen atoms in total. The van der Waals surface area contributed by atoms with Crippen LogP contribution in [0.4, 0.5) is 5.95 Å². The van der Waals surface area contributed by atoms with Gasteiger partial charge in [0.1, 0.15) is 0 Å². The zero-order valence-corrected chi connectivity index (χ0v) is 10.3. The summed E-state index contributed by atoms with van der Waals surface area (Å²) < 4.78 is 4.83. The Bertz CT molecular complexity index is 378. The number of hydrogen-bond donors (Lipinski definition) is 1. The van der Waals surface area contributed by atoms with Gasteiger partial charge in [-0.25, -0.2) is 14.8 Å². The zero-order valence-electron chi connectivity index (χ0n) is 9.50. The van der Waals surface area contributed by atoms with E-state index in [-0.39, 0.29) is 18.4 Å². The lowest BCUT2D eigenvalue weighted by Gasteiger charge is -2.36. The van der Waals surface area contributed by atoms with Crippen LogP contribution in [0.5, 0.6) is 0 Å². The third kappa shape index (κ3) is 3.04. The fraction of sp³-hybridized carbons (Fsp3) is 0.500. The Hall–Kier alpha value is -1.40. The van der Waals surface area contributed by atoms with Crippen LogP contribution in [0.15, 0.2) is 12.4 Å². The van der Waals surface area contributed by atoms with Crippen LogP contribution in [-0.2, 0) is 4.74 Å². The Kier molecular flexibility index (Phi) is 4.65. The van der Waals surface area contributed by atoms with Crippen LogP contribution < -0.4 is 10.6 Å². The van der Waals surface area contributed by atoms with Gasteiger partial charge >= 0.3 is 5.97 Å². The average molecular weight is 259 g/mol. The molecule has 0 spiro atoms. The van der Waals surface area contributed by atoms with E-state index in [1.165, 1.54) is 12.4 Å². The fourth-order valence-corrected chi connectivity index (χ4v) is 1.48. The second kappa shape index (κ2) is 5.79. The average Bonchev–Trinajstić information content (AvgIpc) is 2.25. The summed E-state index contributed by atoms with van der Waals surface area (Å²) in [4.78, 5) is 21.5. The number of halogens is 1. The van der Waals surface area contributed by atoms with Crippen molar-refractivity contribution in [1.29, 1.82) is 0 Å². The van der Waals surface area contributed by atoms with Crippen molar-refractivity contribution in [3.63, 3.8) is 0 Å². The van der Waals surface area contributed by atoms with E-state index in [0.29, 0.717) is 18.1 Å². The molecule has 17 heavy (non-hydrogen) atoms. The first kappa shape index (κ1) is 13.7. The summed E-state index contributed by atoms with van der Waals surface area (Å²) in [6, 6.07) is 0.202. The van der Waals surface area contributed by atoms with Crippen molar-refractivity contribution < 1.29 is 9.53 Å². The minimum Gasteiger partial charge on any atom is -0.462 e. The molecule has 7 heteroatoms. The number of ether oxygens (including phenoxy) is 1. The molecule has 0 bridgehead atoms. The Balaban J connectivity index is 0.00000144. The topological polar surface area (TPSA) is 81.3 Å². The normalized spacial score (nSPS) is 14.8. The summed E-state index contributed by atoms with van der Waals surface area (Å²) in [7, 11) is 0. The molecule has 1 saturated heterocycles. The van der Waals surface area contributed by atoms with E-state index in [1.54, 1.807) is 6.92 Å². The number of nitrogens with two attached hydrogens (primary N) is 1. The maximum absolute atomic E-state index is 11.3. The van der Waals surface area contributed by atoms with Gasteiger partial charge in [0.15, 0.2) is 0 Å². The fourth-order valence-electron chi connectivity index (χ4n) is 1.48. The first-order valence-electron chi connectivity index (χ1n) is 5.20. The standard InChI is InChI=1S/C10H14N4O2.ClH/c1-2-16-9(15)7-3-12-10(13-4-7)14-5-8(11)6-14;/h3-4,8H,2,5-6,11H2,1H3;1H. The summed E-state index contributed by atoms with van der Waals surface area (Å²) in [5.41, 5.74) is 6.02. The molecule has 1 aromatic heterocycles. The highest BCUT2D eigenvalue weighted by molar-refractivity contribution is 5.88. The van der Waals surface area contributed by atoms with Crippen LogP contribution in [0.1, 0.15) is 17.3 Å². The predicted molar refractivity (Wildman–Crippen MR) is 65.4 cm³/mol. The Morgan fingerprint density at radius 2 is 2.12 bits per heavy atom. The van der Waals surface area contributed by atoms with Gasteiger partial charge in [-0.3, -0.25) is 0 Å². The number of esters is 1. The van der Waals surface area contributed by atoms with E-state index in [1.807, 2.05) is 4.90 Å². The molecule has 1 aliphatic rings. The second-order valence-electron chi connectivity index (χ2n) is 3.66. The van der Waals surface area contributed by atoms with Crippen molar-refractivity contribution in [1.82, 2.24) is 9.97 Å². The number of carbonyl (C=O) groups is 1. The predicted octanol–water partition coefficient (Wildman–Crippen LogP) is 0.222. The maximum Gasteiger partial charge on any atom is 0.341 e. The molecule has 0 aromatic carbocycles. The molecule has 1 aromatic rings. The van der Waals surface area contributed by atoms with Crippen LogP contribution in [0.3, 0.4) is 0 Å². The monoisotopic (exact) mass is 258 g/mol. The number of nitrogens with zero attached hydrogens (tertiary/aromatic N) is 3. The van der Waals surface area contributed by atoms with Gasteiger partial charge in [0.25, 0.3) is 0 Å². The SMILES string of the molecule is CCOC(=O)c1cnc(N2CC(N)C2)nc1.Cl. The van der Waals surface area contributed by atoms with Gasteiger partial charge in [-0.05, 0) is 6.92 Å². The molecule has 94 valence electrons. The van der Waals surface area contributed by atoms with Gasteiger partial charge in [0.2, 0.25) is 5.95 Å². The van der Waals surface area contributed by atoms with Crippen LogP contribution >= 0.6 is 12.4 Å². The number of anilines is 1. The second-order valence-corrected chi connectivity index (χ2v) is 3.66. The Morgan fingerprint density at radius 3 is 2.59 bits per heavy atom. The molecule has 0 aliphatic carbocycles. The third-order valence-electron chi connectivity index (χ3n) is 2.34. The first-order chi connectivity index (χ1) is 7.70. The lowest BCUT2D eigenvalue weighted by Crippen LogP contribution is -2.56. The van der Waals surface area contributed by atoms with E-state index in [9.17, 15) is 4.79 Å². The first-order valence-corrected chi connectivity index (χ1v) is 5.20. The van der Waals surface area contributed by atoms with Crippen LogP contribution in [-0.4, -0.2) is 41.7 Å². The highest BCUT2D eigenvalue weighted by atomic mass is 35.5. The molecule has 0 unspecified atom stereocenters. The van der Waals surface area contributed by atoms with Crippen molar-refractivity contribution >= 4 is 24.3 Å². The molecule has 2 heterocycles. The van der Waals surface area contributed by atoms with E-state index < -0.39 is 5.97 Å². The van der Waals surface area contributed by atoms with E-state index >= 15 is 0 Å². The smallest absolute Gasteiger partial charge is 0.341 e. The highest BCUT2D eigenvalue weighted by Gasteiger charge is 2.25. The lowest BCUT2D eigenvalue weighted by atomic mass is 10.1. The molecular weight excluding hydrogens is 244 g/mol. The molecule has 1 fully saturated rings. The molecule has 0 amide bonds. The van der Waals surface area contributed by atoms with Gasteiger partial charge in [0, 0.05) is 31.5 Å². The minimum absolute atomic E-state index is 0. The van der Waals surface area contributed by atoms with Gasteiger partial charge in [-0.15, -0.1) is 12.4 Å². The van der Waals surface area contributed by atoms with E-state index in [0.717, 1.165) is 13.1 Å². The largest absolute Gasteiger partial charge is 0.462 e. The van der Waals surface area contributed by atoms with Crippen molar-refractivity contribution in [2.75, 3.05) is 24.6 Å². The summed E-state index contributed by atoms with van der Waals surface area (Å²) in [6.45, 7) is 3.63. The highest BCUT2D eigenvalue weighted by Crippen LogP contribution is 2.14. The molecule has 1 aliphatic heterocycles. The van der Waals surface area contributed by atoms with Crippen LogP contribution in [0.2, 0.25) is 0 Å². The number of hydrogen-bond acceptors (Lipinski definition) is 6. The molecular formula is C10H15ClN4O2. The van der Waals surface area contributed by atoms with Gasteiger partial charge in [0.05, 0.1) is 12.2 Å². The summed E-state index contributed by atoms with van der Waals surface area (Å²) in [6.07, 6.45) is 2.95. The Morgan fingerprint density at radius 1 is 1.53 bits per heavy atom. The van der Waals surface area contributed by atoms with Crippen LogP contribution in [0.25, 0.3) is 0 Å². The number of rotatable bonds is 3. The summed E-state index contributed by atoms with van der Waals surface area (Å²) >= 11 is 0. The zero-order chi connectivity index (χ0) is 11.5. The molecule has 2 N–H and O–H groups in total. The lowest BCUT2D eigenvalue weighted by molar-refractivity contribution is 0.0525. The van der Waals surface area contributed by atoms with Gasteiger partial charge in [-0.2, -0.15) is 0 Å². The molecule has 0 atom stereocenters. The quantitative estimate of drug-likeness (QED) is 0.782. The van der Waals surface area contributed by atoms with Crippen LogP contribution in [0, 0.1) is 0 Å². The van der Waals surface area contributed by atoms with E-state index in [4.69, 9.17) is 10.5 Å². The van der Waals surface area contributed by atoms with Crippen molar-refractivity contribution in [2.45, 2.75) is 13.0 Å². The van der Waals surface area contributed by atoms with Crippen molar-refractivity contribution in [3.8, 4) is 0 Å². The van der Waals surface area contributed by atoms with Gasteiger partial charge < -0.3 is 15.4 Å². The Labute approximate surface area is 106 Å². The van der Waals surface area contributed by atoms with E-state index in [2.05, 4.69) is 9.97 Å². The summed E-state index contributed by atoms with van der Waals surface area (Å²) in [5, 5.41) is 0. The maximum atomic E-state index is 11.3. The molecule has 0 saturated carbocycles. The number of aromatic nitrogens is 2. The summed E-state index contributed by atoms with van der Waals surface area (Å²) in [5.74, 6) is 0.212. The molecule has 0 radical (unpaired) electrons. The van der Waals surface area contributed by atoms with Gasteiger partial charge in [-0.1, -0.05) is 0 Å². The third-order valence-corrected chi connectivity index (χ3v) is 2.34. The number of carbonyl (C=O) groups excluding carboxylic acids is 1. The van der Waals surface area contributed by atoms with Crippen molar-refractivity contribution in [2.24, 2.45) is 5.73 Å². The molecule has 2 rings (SSSR count). The minimum atomic E-state index is -0.394.